The largest absolute Gasteiger partial charge is 0.497 e. The number of ether oxygens (including phenoxy) is 2. The van der Waals surface area contributed by atoms with Crippen molar-refractivity contribution in [1.29, 1.82) is 0 Å². The minimum Gasteiger partial charge on any atom is -0.497 e. The molecule has 4 amide bonds. The lowest BCUT2D eigenvalue weighted by atomic mass is 9.81. The van der Waals surface area contributed by atoms with Crippen molar-refractivity contribution in [3.8, 4) is 5.75 Å². The molecule has 4 rings (SSSR count). The number of rotatable bonds is 3. The highest BCUT2D eigenvalue weighted by molar-refractivity contribution is 8.14. The molecule has 4 N–H and O–H groups in total. The summed E-state index contributed by atoms with van der Waals surface area (Å²) in [5.41, 5.74) is 0.389. The van der Waals surface area contributed by atoms with Gasteiger partial charge in [0.15, 0.2) is 0 Å². The van der Waals surface area contributed by atoms with Crippen LogP contribution in [0.5, 0.6) is 5.75 Å². The van der Waals surface area contributed by atoms with Crippen LogP contribution in [0.15, 0.2) is 29.3 Å². The van der Waals surface area contributed by atoms with E-state index in [2.05, 4.69) is 16.0 Å². The standard InChI is InChI=1S/C39H59N5O8S/c1-22-18-31(45)23(2)36-42-27(21-53-36)13-16-33(46)43-29(20-26-11-14-28(51-8)15-12-26)35(48)40-24(3)34(47)41-25(4)37(49)44-17-9-10-30(44)38(50)52-32(19-22)39(5,6)7/h11-12,14-15,22-25,27,29-32,45H,9-10,13,16-21H2,1-8H3,(H,40,48)(H,41,47)(H,43,46). The molecule has 0 aliphatic carbocycles. The van der Waals surface area contributed by atoms with Gasteiger partial charge in [0.1, 0.15) is 36.0 Å². The van der Waals surface area contributed by atoms with E-state index in [4.69, 9.17) is 14.5 Å². The number of aliphatic hydroxyl groups excluding tert-OH is 1. The average Bonchev–Trinajstić information content (AvgIpc) is 3.79. The quantitative estimate of drug-likeness (QED) is 0.337. The Hall–Kier alpha value is -3.65. The first-order chi connectivity index (χ1) is 25.0. The molecule has 1 aromatic carbocycles. The maximum absolute atomic E-state index is 13.7. The molecule has 3 heterocycles. The van der Waals surface area contributed by atoms with Crippen molar-refractivity contribution in [2.24, 2.45) is 22.2 Å². The van der Waals surface area contributed by atoms with E-state index in [0.717, 1.165) is 10.6 Å². The lowest BCUT2D eigenvalue weighted by molar-refractivity contribution is -0.164. The second kappa shape index (κ2) is 18.6. The fourth-order valence-electron chi connectivity index (χ4n) is 6.95. The Morgan fingerprint density at radius 3 is 2.28 bits per heavy atom. The zero-order valence-corrected chi connectivity index (χ0v) is 33.3. The van der Waals surface area contributed by atoms with Crippen LogP contribution >= 0.6 is 11.8 Å². The van der Waals surface area contributed by atoms with Crippen LogP contribution in [-0.4, -0.2) is 106 Å². The molecule has 0 saturated carbocycles. The normalized spacial score (nSPS) is 31.9. The number of nitrogens with zero attached hydrogens (tertiary/aromatic N) is 2. The highest BCUT2D eigenvalue weighted by Crippen LogP contribution is 2.33. The van der Waals surface area contributed by atoms with Crippen molar-refractivity contribution in [3.63, 3.8) is 0 Å². The van der Waals surface area contributed by atoms with Gasteiger partial charge in [-0.15, -0.1) is 11.8 Å². The molecule has 9 unspecified atom stereocenters. The summed E-state index contributed by atoms with van der Waals surface area (Å²) in [6, 6.07) is 3.27. The number of nitrogens with one attached hydrogen (secondary N) is 3. The molecule has 53 heavy (non-hydrogen) atoms. The number of carbonyl (C=O) groups is 5. The molecule has 3 aliphatic rings. The number of hydrogen-bond donors (Lipinski definition) is 4. The number of aliphatic hydroxyl groups is 1. The Morgan fingerprint density at radius 1 is 0.943 bits per heavy atom. The van der Waals surface area contributed by atoms with Crippen LogP contribution in [0.25, 0.3) is 0 Å². The van der Waals surface area contributed by atoms with E-state index in [-0.39, 0.29) is 36.6 Å². The molecule has 2 bridgehead atoms. The minimum absolute atomic E-state index is 0.0196. The van der Waals surface area contributed by atoms with Crippen LogP contribution in [-0.2, 0) is 35.1 Å². The Balaban J connectivity index is 1.57. The molecule has 294 valence electrons. The Bertz CT molecular complexity index is 1500. The Labute approximate surface area is 318 Å². The summed E-state index contributed by atoms with van der Waals surface area (Å²) >= 11 is 1.59. The third kappa shape index (κ3) is 11.7. The third-order valence-electron chi connectivity index (χ3n) is 10.4. The van der Waals surface area contributed by atoms with Crippen molar-refractivity contribution in [3.05, 3.63) is 29.8 Å². The van der Waals surface area contributed by atoms with Gasteiger partial charge in [-0.1, -0.05) is 46.8 Å². The van der Waals surface area contributed by atoms with Gasteiger partial charge in [0, 0.05) is 31.1 Å². The molecule has 0 radical (unpaired) electrons. The molecule has 9 atom stereocenters. The van der Waals surface area contributed by atoms with Crippen LogP contribution in [0, 0.1) is 17.3 Å². The molecule has 1 fully saturated rings. The van der Waals surface area contributed by atoms with Crippen molar-refractivity contribution in [2.45, 2.75) is 136 Å². The summed E-state index contributed by atoms with van der Waals surface area (Å²) in [5.74, 6) is -1.19. The summed E-state index contributed by atoms with van der Waals surface area (Å²) in [5, 5.41) is 20.4. The molecule has 1 saturated heterocycles. The molecule has 0 spiro atoms. The lowest BCUT2D eigenvalue weighted by Crippen LogP contribution is -2.56. The van der Waals surface area contributed by atoms with Crippen molar-refractivity contribution >= 4 is 46.4 Å². The maximum Gasteiger partial charge on any atom is 0.329 e. The third-order valence-corrected chi connectivity index (χ3v) is 11.8. The van der Waals surface area contributed by atoms with Crippen LogP contribution in [0.3, 0.4) is 0 Å². The summed E-state index contributed by atoms with van der Waals surface area (Å²) in [7, 11) is 1.56. The Morgan fingerprint density at radius 2 is 1.62 bits per heavy atom. The number of cyclic esters (lactones) is 1. The number of benzene rings is 1. The van der Waals surface area contributed by atoms with Crippen LogP contribution < -0.4 is 20.7 Å². The number of methoxy groups -OCH3 is 1. The summed E-state index contributed by atoms with van der Waals surface area (Å²) in [4.78, 5) is 73.8. The van der Waals surface area contributed by atoms with Gasteiger partial charge in [-0.2, -0.15) is 0 Å². The highest BCUT2D eigenvalue weighted by atomic mass is 32.2. The van der Waals surface area contributed by atoms with Crippen LogP contribution in [0.2, 0.25) is 0 Å². The van der Waals surface area contributed by atoms with E-state index in [0.29, 0.717) is 50.2 Å². The van der Waals surface area contributed by atoms with Gasteiger partial charge in [0.2, 0.25) is 23.6 Å². The lowest BCUT2D eigenvalue weighted by Gasteiger charge is -2.35. The zero-order valence-electron chi connectivity index (χ0n) is 32.5. The Kier molecular flexibility index (Phi) is 14.8. The van der Waals surface area contributed by atoms with Crippen LogP contribution in [0.4, 0.5) is 0 Å². The maximum atomic E-state index is 13.7. The van der Waals surface area contributed by atoms with E-state index >= 15 is 0 Å². The van der Waals surface area contributed by atoms with Crippen molar-refractivity contribution < 1.29 is 38.6 Å². The first kappa shape index (κ1) is 42.1. The summed E-state index contributed by atoms with van der Waals surface area (Å²) in [6.45, 7) is 13.4. The number of aliphatic imine (C=N–C) groups is 1. The molecule has 1 aromatic rings. The van der Waals surface area contributed by atoms with E-state index in [1.807, 2.05) is 46.8 Å². The monoisotopic (exact) mass is 757 g/mol. The summed E-state index contributed by atoms with van der Waals surface area (Å²) in [6.07, 6.45) is 1.74. The van der Waals surface area contributed by atoms with Gasteiger partial charge in [-0.05, 0) is 75.0 Å². The minimum atomic E-state index is -1.03. The first-order valence-electron chi connectivity index (χ1n) is 18.9. The predicted molar refractivity (Wildman–Crippen MR) is 204 cm³/mol. The van der Waals surface area contributed by atoms with E-state index in [9.17, 15) is 29.1 Å². The molecule has 13 nitrogen and oxygen atoms in total. The molecular formula is C39H59N5O8S. The van der Waals surface area contributed by atoms with Gasteiger partial charge in [0.05, 0.1) is 24.3 Å². The number of carbonyl (C=O) groups excluding carboxylic acids is 5. The fourth-order valence-corrected chi connectivity index (χ4v) is 8.20. The number of fused-ring (bicyclic) bond motifs is 2. The molecule has 0 aromatic heterocycles. The number of thioether (sulfide) groups is 1. The van der Waals surface area contributed by atoms with Gasteiger partial charge >= 0.3 is 5.97 Å². The SMILES string of the molecule is COc1ccc(CC2NC(=O)CCC3CSC(=N3)C(C)C(O)CC(C)CC(C(C)(C)C)OC(=O)C3CCCN3C(=O)C(C)NC(=O)C(C)NC2=O)cc1. The molecule has 3 aliphatic heterocycles. The molecular weight excluding hydrogens is 699 g/mol. The number of hydrogen-bond acceptors (Lipinski definition) is 10. The molecule has 14 heteroatoms. The van der Waals surface area contributed by atoms with E-state index in [1.165, 1.54) is 11.8 Å². The van der Waals surface area contributed by atoms with Gasteiger partial charge < -0.3 is 35.4 Å². The topological polar surface area (TPSA) is 176 Å². The predicted octanol–water partition coefficient (Wildman–Crippen LogP) is 3.40. The second-order valence-electron chi connectivity index (χ2n) is 16.0. The summed E-state index contributed by atoms with van der Waals surface area (Å²) < 4.78 is 11.4. The first-order valence-corrected chi connectivity index (χ1v) is 19.9. The second-order valence-corrected chi connectivity index (χ2v) is 17.1. The number of esters is 1. The average molecular weight is 758 g/mol. The number of amides is 4. The van der Waals surface area contributed by atoms with E-state index in [1.54, 1.807) is 37.9 Å². The fraction of sp³-hybridized carbons (Fsp3) is 0.692. The van der Waals surface area contributed by atoms with Gasteiger partial charge in [-0.25, -0.2) is 4.79 Å². The smallest absolute Gasteiger partial charge is 0.329 e. The zero-order chi connectivity index (χ0) is 39.0. The van der Waals surface area contributed by atoms with Crippen molar-refractivity contribution in [2.75, 3.05) is 19.4 Å². The van der Waals surface area contributed by atoms with Crippen molar-refractivity contribution in [1.82, 2.24) is 20.9 Å². The van der Waals surface area contributed by atoms with Crippen LogP contribution in [0.1, 0.15) is 92.6 Å². The van der Waals surface area contributed by atoms with Gasteiger partial charge in [-0.3, -0.25) is 24.2 Å². The highest BCUT2D eigenvalue weighted by Gasteiger charge is 2.41. The van der Waals surface area contributed by atoms with E-state index < -0.39 is 65.5 Å². The van der Waals surface area contributed by atoms with Gasteiger partial charge in [0.25, 0.3) is 0 Å².